The van der Waals surface area contributed by atoms with Crippen LogP contribution in [0.5, 0.6) is 0 Å². The van der Waals surface area contributed by atoms with Gasteiger partial charge >= 0.3 is 12.0 Å². The summed E-state index contributed by atoms with van der Waals surface area (Å²) in [5.74, 6) is -0.937. The Balaban J connectivity index is 2.54. The van der Waals surface area contributed by atoms with Crippen molar-refractivity contribution in [2.45, 2.75) is 39.5 Å². The van der Waals surface area contributed by atoms with E-state index in [1.54, 1.807) is 24.3 Å². The molecule has 3 N–H and O–H groups in total. The van der Waals surface area contributed by atoms with E-state index < -0.39 is 12.1 Å². The highest BCUT2D eigenvalue weighted by molar-refractivity contribution is 5.92. The highest BCUT2D eigenvalue weighted by Crippen LogP contribution is 2.07. The zero-order valence-electron chi connectivity index (χ0n) is 13.8. The molecule has 0 aromatic heterocycles. The van der Waals surface area contributed by atoms with Gasteiger partial charge in [-0.3, -0.25) is 4.79 Å². The van der Waals surface area contributed by atoms with Crippen LogP contribution in [-0.2, 0) is 16.1 Å². The summed E-state index contributed by atoms with van der Waals surface area (Å²) in [6.07, 6.45) is -0.853. The van der Waals surface area contributed by atoms with Gasteiger partial charge in [-0.1, -0.05) is 12.1 Å². The summed E-state index contributed by atoms with van der Waals surface area (Å²) < 4.78 is 5.04. The van der Waals surface area contributed by atoms with Crippen LogP contribution in [0.15, 0.2) is 24.3 Å². The smallest absolute Gasteiger partial charge is 0.338 e. The lowest BCUT2D eigenvalue weighted by molar-refractivity contribution is -0.128. The molecule has 0 aliphatic heterocycles. The zero-order chi connectivity index (χ0) is 17.4. The summed E-state index contributed by atoms with van der Waals surface area (Å²) in [5.41, 5.74) is 1.19. The van der Waals surface area contributed by atoms with Crippen molar-refractivity contribution in [2.24, 2.45) is 0 Å². The molecule has 1 rings (SSSR count). The van der Waals surface area contributed by atoms with Crippen molar-refractivity contribution in [2.75, 3.05) is 7.05 Å². The number of rotatable bonds is 6. The Bertz CT molecular complexity index is 555. The molecule has 0 saturated heterocycles. The molecule has 0 heterocycles. The number of carbonyl (C=O) groups excluding carboxylic acids is 3. The van der Waals surface area contributed by atoms with Gasteiger partial charge in [0.1, 0.15) is 0 Å². The predicted octanol–water partition coefficient (Wildman–Crippen LogP) is 1.19. The first-order chi connectivity index (χ1) is 10.8. The largest absolute Gasteiger partial charge is 0.449 e. The summed E-state index contributed by atoms with van der Waals surface area (Å²) in [5, 5.41) is 7.84. The van der Waals surface area contributed by atoms with Crippen molar-refractivity contribution in [1.29, 1.82) is 0 Å². The molecule has 7 heteroatoms. The van der Waals surface area contributed by atoms with E-state index in [0.29, 0.717) is 12.1 Å². The average molecular weight is 321 g/mol. The number of amides is 3. The van der Waals surface area contributed by atoms with Crippen LogP contribution in [0.3, 0.4) is 0 Å². The summed E-state index contributed by atoms with van der Waals surface area (Å²) in [6.45, 7) is 5.60. The van der Waals surface area contributed by atoms with E-state index in [-0.39, 0.29) is 18.0 Å². The van der Waals surface area contributed by atoms with Gasteiger partial charge in [-0.15, -0.1) is 0 Å². The molecule has 1 atom stereocenters. The molecule has 23 heavy (non-hydrogen) atoms. The summed E-state index contributed by atoms with van der Waals surface area (Å²) in [4.78, 5) is 34.7. The Morgan fingerprint density at radius 3 is 2.22 bits per heavy atom. The quantitative estimate of drug-likeness (QED) is 0.686. The number of esters is 1. The van der Waals surface area contributed by atoms with Gasteiger partial charge in [0.05, 0.1) is 5.56 Å². The van der Waals surface area contributed by atoms with Crippen LogP contribution in [0.25, 0.3) is 0 Å². The SMILES string of the molecule is CNC(=O)[C@@H](C)OC(=O)c1ccc(CNC(=O)NC(C)C)cc1. The molecule has 0 fully saturated rings. The van der Waals surface area contributed by atoms with Crippen LogP contribution in [0.1, 0.15) is 36.7 Å². The van der Waals surface area contributed by atoms with Gasteiger partial charge in [-0.05, 0) is 38.5 Å². The lowest BCUT2D eigenvalue weighted by atomic mass is 10.1. The maximum atomic E-state index is 11.9. The first-order valence-electron chi connectivity index (χ1n) is 7.39. The molecule has 0 aliphatic carbocycles. The number of benzene rings is 1. The average Bonchev–Trinajstić information content (AvgIpc) is 2.51. The minimum absolute atomic E-state index is 0.0643. The highest BCUT2D eigenvalue weighted by atomic mass is 16.5. The van der Waals surface area contributed by atoms with Crippen molar-refractivity contribution in [3.63, 3.8) is 0 Å². The molecule has 0 unspecified atom stereocenters. The normalized spacial score (nSPS) is 11.5. The molecule has 0 saturated carbocycles. The molecule has 1 aromatic carbocycles. The minimum atomic E-state index is -0.853. The van der Waals surface area contributed by atoms with Crippen molar-refractivity contribution in [1.82, 2.24) is 16.0 Å². The van der Waals surface area contributed by atoms with Gasteiger partial charge < -0.3 is 20.7 Å². The Morgan fingerprint density at radius 2 is 1.70 bits per heavy atom. The van der Waals surface area contributed by atoms with Crippen molar-refractivity contribution in [3.8, 4) is 0 Å². The number of ether oxygens (including phenoxy) is 1. The number of urea groups is 1. The maximum Gasteiger partial charge on any atom is 0.338 e. The van der Waals surface area contributed by atoms with Gasteiger partial charge in [0.2, 0.25) is 0 Å². The third-order valence-electron chi connectivity index (χ3n) is 2.96. The second-order valence-corrected chi connectivity index (χ2v) is 5.34. The number of hydrogen-bond acceptors (Lipinski definition) is 4. The molecule has 3 amide bonds. The first-order valence-corrected chi connectivity index (χ1v) is 7.39. The third-order valence-corrected chi connectivity index (χ3v) is 2.96. The van der Waals surface area contributed by atoms with E-state index in [1.807, 2.05) is 13.8 Å². The van der Waals surface area contributed by atoms with Crippen LogP contribution < -0.4 is 16.0 Å². The van der Waals surface area contributed by atoms with Gasteiger partial charge in [-0.2, -0.15) is 0 Å². The molecule has 0 radical (unpaired) electrons. The van der Waals surface area contributed by atoms with Crippen molar-refractivity contribution < 1.29 is 19.1 Å². The Morgan fingerprint density at radius 1 is 1.09 bits per heavy atom. The Hall–Kier alpha value is -2.57. The fraction of sp³-hybridized carbons (Fsp3) is 0.438. The van der Waals surface area contributed by atoms with Crippen LogP contribution in [0.2, 0.25) is 0 Å². The predicted molar refractivity (Wildman–Crippen MR) is 85.9 cm³/mol. The van der Waals surface area contributed by atoms with Gasteiger partial charge in [0, 0.05) is 19.6 Å². The summed E-state index contributed by atoms with van der Waals surface area (Å²) >= 11 is 0. The molecule has 7 nitrogen and oxygen atoms in total. The van der Waals surface area contributed by atoms with Gasteiger partial charge in [0.15, 0.2) is 6.10 Å². The topological polar surface area (TPSA) is 96.5 Å². The maximum absolute atomic E-state index is 11.9. The zero-order valence-corrected chi connectivity index (χ0v) is 13.8. The minimum Gasteiger partial charge on any atom is -0.449 e. The fourth-order valence-electron chi connectivity index (χ4n) is 1.74. The number of carbonyl (C=O) groups is 3. The summed E-state index contributed by atoms with van der Waals surface area (Å²) in [6, 6.07) is 6.44. The van der Waals surface area contributed by atoms with E-state index in [4.69, 9.17) is 4.74 Å². The molecule has 126 valence electrons. The molecule has 0 bridgehead atoms. The lowest BCUT2D eigenvalue weighted by Crippen LogP contribution is -2.39. The first kappa shape index (κ1) is 18.5. The lowest BCUT2D eigenvalue weighted by Gasteiger charge is -2.12. The monoisotopic (exact) mass is 321 g/mol. The summed E-state index contributed by atoms with van der Waals surface area (Å²) in [7, 11) is 1.48. The number of hydrogen-bond donors (Lipinski definition) is 3. The molecule has 0 spiro atoms. The van der Waals surface area contributed by atoms with Crippen LogP contribution in [0, 0.1) is 0 Å². The molecule has 1 aromatic rings. The fourth-order valence-corrected chi connectivity index (χ4v) is 1.74. The van der Waals surface area contributed by atoms with Crippen LogP contribution >= 0.6 is 0 Å². The standard InChI is InChI=1S/C16H23N3O4/c1-10(2)19-16(22)18-9-12-5-7-13(8-6-12)15(21)23-11(3)14(20)17-4/h5-8,10-11H,9H2,1-4H3,(H,17,20)(H2,18,19,22)/t11-/m1/s1. The molecular formula is C16H23N3O4. The van der Waals surface area contributed by atoms with Crippen LogP contribution in [0.4, 0.5) is 4.79 Å². The Labute approximate surface area is 135 Å². The second-order valence-electron chi connectivity index (χ2n) is 5.34. The van der Waals surface area contributed by atoms with E-state index in [1.165, 1.54) is 14.0 Å². The Kier molecular flexibility index (Phi) is 7.05. The second kappa shape index (κ2) is 8.77. The number of nitrogens with one attached hydrogen (secondary N) is 3. The van der Waals surface area contributed by atoms with Crippen molar-refractivity contribution >= 4 is 17.9 Å². The highest BCUT2D eigenvalue weighted by Gasteiger charge is 2.17. The van der Waals surface area contributed by atoms with Crippen LogP contribution in [-0.4, -0.2) is 37.1 Å². The van der Waals surface area contributed by atoms with E-state index >= 15 is 0 Å². The van der Waals surface area contributed by atoms with E-state index in [2.05, 4.69) is 16.0 Å². The molecule has 0 aliphatic rings. The van der Waals surface area contributed by atoms with E-state index in [0.717, 1.165) is 5.56 Å². The number of likely N-dealkylation sites (N-methyl/N-ethyl adjacent to an activating group) is 1. The van der Waals surface area contributed by atoms with E-state index in [9.17, 15) is 14.4 Å². The molecular weight excluding hydrogens is 298 g/mol. The van der Waals surface area contributed by atoms with Gasteiger partial charge in [0.25, 0.3) is 5.91 Å². The third kappa shape index (κ3) is 6.37. The van der Waals surface area contributed by atoms with Crippen molar-refractivity contribution in [3.05, 3.63) is 35.4 Å². The van der Waals surface area contributed by atoms with Gasteiger partial charge in [-0.25, -0.2) is 9.59 Å².